The van der Waals surface area contributed by atoms with Gasteiger partial charge in [-0.25, -0.2) is 4.98 Å². The van der Waals surface area contributed by atoms with Crippen molar-refractivity contribution in [3.63, 3.8) is 0 Å². The minimum Gasteiger partial charge on any atom is -0.496 e. The lowest BCUT2D eigenvalue weighted by molar-refractivity contribution is -0.116. The molecule has 0 spiro atoms. The first-order valence-electron chi connectivity index (χ1n) is 9.30. The van der Waals surface area contributed by atoms with Crippen LogP contribution in [-0.2, 0) is 17.8 Å². The SMILES string of the molecule is COc1ccc(C)cc1/C=C/C(=O)NCCc1nccn1Cc1ccccc1. The van der Waals surface area contributed by atoms with Crippen LogP contribution in [0.4, 0.5) is 0 Å². The lowest BCUT2D eigenvalue weighted by Crippen LogP contribution is -2.24. The van der Waals surface area contributed by atoms with Crippen LogP contribution in [0, 0.1) is 6.92 Å². The number of carbonyl (C=O) groups excluding carboxylic acids is 1. The van der Waals surface area contributed by atoms with Crippen LogP contribution < -0.4 is 10.1 Å². The number of hydrogen-bond donors (Lipinski definition) is 1. The standard InChI is InChI=1S/C23H25N3O2/c1-18-8-10-21(28-2)20(16-18)9-11-23(27)25-13-12-22-24-14-15-26(22)17-19-6-4-3-5-7-19/h3-11,14-16H,12-13,17H2,1-2H3,(H,25,27)/b11-9+. The van der Waals surface area contributed by atoms with Gasteiger partial charge in [-0.2, -0.15) is 0 Å². The number of hydrogen-bond acceptors (Lipinski definition) is 3. The largest absolute Gasteiger partial charge is 0.496 e. The van der Waals surface area contributed by atoms with E-state index in [1.54, 1.807) is 19.4 Å². The van der Waals surface area contributed by atoms with Crippen LogP contribution in [0.1, 0.15) is 22.5 Å². The van der Waals surface area contributed by atoms with E-state index in [1.165, 1.54) is 11.6 Å². The molecule has 0 radical (unpaired) electrons. The topological polar surface area (TPSA) is 56.1 Å². The predicted octanol–water partition coefficient (Wildman–Crippen LogP) is 3.62. The van der Waals surface area contributed by atoms with E-state index >= 15 is 0 Å². The Morgan fingerprint density at radius 2 is 2.04 bits per heavy atom. The average molecular weight is 375 g/mol. The van der Waals surface area contributed by atoms with E-state index in [2.05, 4.69) is 27.0 Å². The zero-order valence-electron chi connectivity index (χ0n) is 16.3. The van der Waals surface area contributed by atoms with Crippen LogP contribution in [-0.4, -0.2) is 29.1 Å². The molecule has 0 aliphatic rings. The molecule has 0 fully saturated rings. The van der Waals surface area contributed by atoms with Crippen molar-refractivity contribution in [2.75, 3.05) is 13.7 Å². The van der Waals surface area contributed by atoms with Crippen LogP contribution in [0.25, 0.3) is 6.08 Å². The number of ether oxygens (including phenoxy) is 1. The van der Waals surface area contributed by atoms with Crippen molar-refractivity contribution in [1.29, 1.82) is 0 Å². The normalized spacial score (nSPS) is 10.9. The Balaban J connectivity index is 1.52. The van der Waals surface area contributed by atoms with Crippen molar-refractivity contribution in [3.8, 4) is 5.75 Å². The molecule has 2 aromatic carbocycles. The molecule has 5 nitrogen and oxygen atoms in total. The molecule has 1 N–H and O–H groups in total. The van der Waals surface area contributed by atoms with E-state index in [0.29, 0.717) is 13.0 Å². The first kappa shape index (κ1) is 19.4. The third kappa shape index (κ3) is 5.33. The zero-order chi connectivity index (χ0) is 19.8. The Morgan fingerprint density at radius 1 is 1.21 bits per heavy atom. The lowest BCUT2D eigenvalue weighted by Gasteiger charge is -2.08. The maximum atomic E-state index is 12.1. The van der Waals surface area contributed by atoms with Crippen molar-refractivity contribution in [2.24, 2.45) is 0 Å². The minimum atomic E-state index is -0.135. The monoisotopic (exact) mass is 375 g/mol. The number of aryl methyl sites for hydroxylation is 1. The molecule has 1 heterocycles. The second-order valence-corrected chi connectivity index (χ2v) is 6.58. The fourth-order valence-corrected chi connectivity index (χ4v) is 3.00. The molecule has 0 saturated carbocycles. The molecule has 5 heteroatoms. The van der Waals surface area contributed by atoms with Gasteiger partial charge in [0.05, 0.1) is 7.11 Å². The van der Waals surface area contributed by atoms with Gasteiger partial charge in [0.15, 0.2) is 0 Å². The summed E-state index contributed by atoms with van der Waals surface area (Å²) in [7, 11) is 1.62. The molecule has 1 aromatic heterocycles. The second kappa shape index (κ2) is 9.55. The molecule has 0 bridgehead atoms. The highest BCUT2D eigenvalue weighted by atomic mass is 16.5. The van der Waals surface area contributed by atoms with Crippen molar-refractivity contribution in [2.45, 2.75) is 19.9 Å². The van der Waals surface area contributed by atoms with Gasteiger partial charge in [-0.1, -0.05) is 42.0 Å². The van der Waals surface area contributed by atoms with E-state index in [9.17, 15) is 4.79 Å². The highest BCUT2D eigenvalue weighted by Crippen LogP contribution is 2.20. The van der Waals surface area contributed by atoms with E-state index in [1.807, 2.05) is 49.5 Å². The predicted molar refractivity (Wildman–Crippen MR) is 111 cm³/mol. The third-order valence-electron chi connectivity index (χ3n) is 4.44. The molecule has 144 valence electrons. The van der Waals surface area contributed by atoms with Crippen molar-refractivity contribution < 1.29 is 9.53 Å². The van der Waals surface area contributed by atoms with Crippen molar-refractivity contribution in [1.82, 2.24) is 14.9 Å². The number of benzene rings is 2. The summed E-state index contributed by atoms with van der Waals surface area (Å²) in [6.07, 6.45) is 7.75. The van der Waals surface area contributed by atoms with Gasteiger partial charge >= 0.3 is 0 Å². The summed E-state index contributed by atoms with van der Waals surface area (Å²) in [6.45, 7) is 3.31. The highest BCUT2D eigenvalue weighted by Gasteiger charge is 2.05. The van der Waals surface area contributed by atoms with Crippen LogP contribution in [0.2, 0.25) is 0 Å². The Hall–Kier alpha value is -3.34. The zero-order valence-corrected chi connectivity index (χ0v) is 16.3. The van der Waals surface area contributed by atoms with Crippen LogP contribution in [0.3, 0.4) is 0 Å². The first-order valence-corrected chi connectivity index (χ1v) is 9.30. The molecule has 0 atom stereocenters. The van der Waals surface area contributed by atoms with Crippen LogP contribution in [0.15, 0.2) is 67.0 Å². The first-order chi connectivity index (χ1) is 13.7. The minimum absolute atomic E-state index is 0.135. The van der Waals surface area contributed by atoms with Gasteiger partial charge < -0.3 is 14.6 Å². The quantitative estimate of drug-likeness (QED) is 0.612. The van der Waals surface area contributed by atoms with Gasteiger partial charge in [-0.3, -0.25) is 4.79 Å². The molecule has 1 amide bonds. The van der Waals surface area contributed by atoms with Gasteiger partial charge in [-0.15, -0.1) is 0 Å². The van der Waals surface area contributed by atoms with Gasteiger partial charge in [0.2, 0.25) is 5.91 Å². The maximum absolute atomic E-state index is 12.1. The number of carbonyl (C=O) groups is 1. The second-order valence-electron chi connectivity index (χ2n) is 6.58. The number of imidazole rings is 1. The Labute approximate surface area is 165 Å². The van der Waals surface area contributed by atoms with Gasteiger partial charge in [-0.05, 0) is 30.7 Å². The molecular weight excluding hydrogens is 350 g/mol. The molecule has 0 aliphatic heterocycles. The molecule has 3 rings (SSSR count). The van der Waals surface area contributed by atoms with E-state index < -0.39 is 0 Å². The molecule has 3 aromatic rings. The van der Waals surface area contributed by atoms with Crippen LogP contribution >= 0.6 is 0 Å². The summed E-state index contributed by atoms with van der Waals surface area (Å²) >= 11 is 0. The average Bonchev–Trinajstić information content (AvgIpc) is 3.14. The number of amides is 1. The fraction of sp³-hybridized carbons (Fsp3) is 0.217. The highest BCUT2D eigenvalue weighted by molar-refractivity contribution is 5.92. The van der Waals surface area contributed by atoms with E-state index in [-0.39, 0.29) is 5.91 Å². The van der Waals surface area contributed by atoms with Gasteiger partial charge in [0.25, 0.3) is 0 Å². The smallest absolute Gasteiger partial charge is 0.244 e. The molecular formula is C23H25N3O2. The van der Waals surface area contributed by atoms with Crippen molar-refractivity contribution >= 4 is 12.0 Å². The van der Waals surface area contributed by atoms with E-state index in [0.717, 1.165) is 29.2 Å². The van der Waals surface area contributed by atoms with Crippen molar-refractivity contribution in [3.05, 3.63) is 89.5 Å². The molecule has 0 unspecified atom stereocenters. The lowest BCUT2D eigenvalue weighted by atomic mass is 10.1. The van der Waals surface area contributed by atoms with Gasteiger partial charge in [0, 0.05) is 43.5 Å². The number of rotatable bonds is 8. The summed E-state index contributed by atoms with van der Waals surface area (Å²) < 4.78 is 7.44. The van der Waals surface area contributed by atoms with Crippen LogP contribution in [0.5, 0.6) is 5.75 Å². The molecule has 28 heavy (non-hydrogen) atoms. The number of nitrogens with one attached hydrogen (secondary N) is 1. The molecule has 0 saturated heterocycles. The van der Waals surface area contributed by atoms with E-state index in [4.69, 9.17) is 4.74 Å². The Kier molecular flexibility index (Phi) is 6.63. The summed E-state index contributed by atoms with van der Waals surface area (Å²) in [5.74, 6) is 1.57. The summed E-state index contributed by atoms with van der Waals surface area (Å²) in [5, 5.41) is 2.91. The third-order valence-corrected chi connectivity index (χ3v) is 4.44. The summed E-state index contributed by atoms with van der Waals surface area (Å²) in [4.78, 5) is 16.6. The number of methoxy groups -OCH3 is 1. The van der Waals surface area contributed by atoms with Gasteiger partial charge in [0.1, 0.15) is 11.6 Å². The summed E-state index contributed by atoms with van der Waals surface area (Å²) in [5.41, 5.74) is 3.22. The Bertz CT molecular complexity index is 945. The fourth-order valence-electron chi connectivity index (χ4n) is 3.00. The Morgan fingerprint density at radius 3 is 2.82 bits per heavy atom. The number of aromatic nitrogens is 2. The summed E-state index contributed by atoms with van der Waals surface area (Å²) in [6, 6.07) is 16.1. The number of nitrogens with zero attached hydrogens (tertiary/aromatic N) is 2. The maximum Gasteiger partial charge on any atom is 0.244 e. The molecule has 0 aliphatic carbocycles.